The molecule has 1 aromatic carbocycles. The first-order valence-corrected chi connectivity index (χ1v) is 13.2. The molecule has 9 heteroatoms. The first-order chi connectivity index (χ1) is 15.8. The third kappa shape index (κ3) is 5.92. The van der Waals surface area contributed by atoms with E-state index in [-0.39, 0.29) is 41.5 Å². The van der Waals surface area contributed by atoms with E-state index in [1.807, 2.05) is 6.92 Å². The quantitative estimate of drug-likeness (QED) is 0.608. The van der Waals surface area contributed by atoms with Gasteiger partial charge in [0.1, 0.15) is 22.4 Å². The van der Waals surface area contributed by atoms with Crippen molar-refractivity contribution < 1.29 is 28.2 Å². The van der Waals surface area contributed by atoms with Crippen LogP contribution in [0.25, 0.3) is 0 Å². The number of hydrogen-bond donors (Lipinski definition) is 2. The van der Waals surface area contributed by atoms with Crippen LogP contribution in [-0.4, -0.2) is 78.2 Å². The fourth-order valence-electron chi connectivity index (χ4n) is 4.07. The first kappa shape index (κ1) is 26.5. The summed E-state index contributed by atoms with van der Waals surface area (Å²) in [6.07, 6.45) is 2.40. The standard InChI is InChI=1S/C25H36N2O6S/c1-17-14-27(18(2)16-28)34(31,32)23-10-9-19(11-12-25(3,4)30)13-21(23)33-22(17)15-26(5)24(29)20-7-6-8-20/h9-10,13,17-18,20,22,28,30H,6-8,14-16H2,1-5H3/t17-,18+,22+/m0/s1. The van der Waals surface area contributed by atoms with E-state index in [0.717, 1.165) is 19.3 Å². The van der Waals surface area contributed by atoms with Gasteiger partial charge in [0, 0.05) is 37.0 Å². The summed E-state index contributed by atoms with van der Waals surface area (Å²) in [5.74, 6) is 5.63. The molecule has 0 saturated heterocycles. The number of fused-ring (bicyclic) bond motifs is 1. The Hall–Kier alpha value is -2.12. The zero-order chi connectivity index (χ0) is 25.3. The molecule has 1 amide bonds. The Bertz CT molecular complexity index is 1070. The van der Waals surface area contributed by atoms with Crippen molar-refractivity contribution in [2.24, 2.45) is 11.8 Å². The molecule has 1 heterocycles. The molecular formula is C25H36N2O6S. The number of carbonyl (C=O) groups excluding carboxylic acids is 1. The predicted molar refractivity (Wildman–Crippen MR) is 129 cm³/mol. The second kappa shape index (κ2) is 10.2. The van der Waals surface area contributed by atoms with Gasteiger partial charge in [0.15, 0.2) is 0 Å². The van der Waals surface area contributed by atoms with Crippen LogP contribution in [0.4, 0.5) is 0 Å². The number of benzene rings is 1. The van der Waals surface area contributed by atoms with E-state index in [1.165, 1.54) is 10.4 Å². The summed E-state index contributed by atoms with van der Waals surface area (Å²) in [5, 5.41) is 19.7. The average Bonchev–Trinajstić information content (AvgIpc) is 2.72. The maximum absolute atomic E-state index is 13.5. The number of aliphatic hydroxyl groups is 2. The minimum absolute atomic E-state index is 0.00789. The minimum atomic E-state index is -3.95. The van der Waals surface area contributed by atoms with Gasteiger partial charge in [0.05, 0.1) is 13.2 Å². The number of ether oxygens (including phenoxy) is 1. The van der Waals surface area contributed by atoms with Crippen LogP contribution < -0.4 is 4.74 Å². The number of carbonyl (C=O) groups is 1. The Morgan fingerprint density at radius 2 is 2.03 bits per heavy atom. The van der Waals surface area contributed by atoms with Crippen LogP contribution in [0.3, 0.4) is 0 Å². The second-order valence-corrected chi connectivity index (χ2v) is 11.9. The smallest absolute Gasteiger partial charge is 0.247 e. The molecule has 0 aromatic heterocycles. The van der Waals surface area contributed by atoms with Gasteiger partial charge < -0.3 is 19.8 Å². The van der Waals surface area contributed by atoms with Crippen LogP contribution in [0, 0.1) is 23.7 Å². The molecule has 1 fully saturated rings. The Kier molecular flexibility index (Phi) is 7.98. The van der Waals surface area contributed by atoms with E-state index in [0.29, 0.717) is 12.1 Å². The van der Waals surface area contributed by atoms with E-state index >= 15 is 0 Å². The molecule has 188 valence electrons. The number of sulfonamides is 1. The molecule has 1 aliphatic carbocycles. The van der Waals surface area contributed by atoms with Crippen molar-refractivity contribution in [2.75, 3.05) is 26.7 Å². The molecule has 0 unspecified atom stereocenters. The van der Waals surface area contributed by atoms with Gasteiger partial charge in [-0.2, -0.15) is 4.31 Å². The molecule has 1 aromatic rings. The minimum Gasteiger partial charge on any atom is -0.487 e. The normalized spacial score (nSPS) is 23.7. The third-order valence-electron chi connectivity index (χ3n) is 6.46. The molecule has 2 N–H and O–H groups in total. The summed E-state index contributed by atoms with van der Waals surface area (Å²) in [6, 6.07) is 3.97. The van der Waals surface area contributed by atoms with Crippen molar-refractivity contribution in [3.05, 3.63) is 23.8 Å². The van der Waals surface area contributed by atoms with E-state index in [4.69, 9.17) is 4.74 Å². The number of rotatable bonds is 5. The van der Waals surface area contributed by atoms with Crippen LogP contribution in [-0.2, 0) is 14.8 Å². The third-order valence-corrected chi connectivity index (χ3v) is 8.48. The molecule has 8 nitrogen and oxygen atoms in total. The molecule has 0 bridgehead atoms. The summed E-state index contributed by atoms with van der Waals surface area (Å²) in [7, 11) is -2.20. The van der Waals surface area contributed by atoms with Crippen LogP contribution in [0.5, 0.6) is 5.75 Å². The Balaban J connectivity index is 2.02. The summed E-state index contributed by atoms with van der Waals surface area (Å²) in [4.78, 5) is 14.4. The number of amides is 1. The Morgan fingerprint density at radius 1 is 1.35 bits per heavy atom. The van der Waals surface area contributed by atoms with E-state index in [2.05, 4.69) is 11.8 Å². The van der Waals surface area contributed by atoms with E-state index < -0.39 is 27.8 Å². The van der Waals surface area contributed by atoms with Gasteiger partial charge in [-0.25, -0.2) is 8.42 Å². The highest BCUT2D eigenvalue weighted by Gasteiger charge is 2.39. The van der Waals surface area contributed by atoms with E-state index in [1.54, 1.807) is 44.9 Å². The highest BCUT2D eigenvalue weighted by molar-refractivity contribution is 7.89. The zero-order valence-electron chi connectivity index (χ0n) is 20.6. The second-order valence-electron chi connectivity index (χ2n) is 10.1. The van der Waals surface area contributed by atoms with Gasteiger partial charge >= 0.3 is 0 Å². The lowest BCUT2D eigenvalue weighted by Crippen LogP contribution is -2.50. The molecule has 1 saturated carbocycles. The monoisotopic (exact) mass is 492 g/mol. The van der Waals surface area contributed by atoms with Crippen molar-refractivity contribution in [1.29, 1.82) is 0 Å². The summed E-state index contributed by atoms with van der Waals surface area (Å²) in [5.41, 5.74) is -0.699. The van der Waals surface area contributed by atoms with Crippen LogP contribution >= 0.6 is 0 Å². The molecule has 3 atom stereocenters. The van der Waals surface area contributed by atoms with Crippen molar-refractivity contribution in [2.45, 2.75) is 69.6 Å². The van der Waals surface area contributed by atoms with Gasteiger partial charge in [0.25, 0.3) is 0 Å². The number of hydrogen-bond acceptors (Lipinski definition) is 6. The molecule has 3 rings (SSSR count). The fraction of sp³-hybridized carbons (Fsp3) is 0.640. The van der Waals surface area contributed by atoms with Gasteiger partial charge in [0.2, 0.25) is 15.9 Å². The van der Waals surface area contributed by atoms with Crippen LogP contribution in [0.1, 0.15) is 52.5 Å². The van der Waals surface area contributed by atoms with Gasteiger partial charge in [-0.15, -0.1) is 0 Å². The highest BCUT2D eigenvalue weighted by Crippen LogP contribution is 2.35. The topological polar surface area (TPSA) is 107 Å². The molecule has 2 aliphatic rings. The van der Waals surface area contributed by atoms with Gasteiger partial charge in [-0.05, 0) is 51.8 Å². The number of nitrogens with zero attached hydrogens (tertiary/aromatic N) is 2. The Morgan fingerprint density at radius 3 is 2.59 bits per heavy atom. The van der Waals surface area contributed by atoms with Crippen molar-refractivity contribution in [1.82, 2.24) is 9.21 Å². The van der Waals surface area contributed by atoms with Crippen molar-refractivity contribution >= 4 is 15.9 Å². The lowest BCUT2D eigenvalue weighted by atomic mass is 9.84. The van der Waals surface area contributed by atoms with Crippen LogP contribution in [0.2, 0.25) is 0 Å². The zero-order valence-corrected chi connectivity index (χ0v) is 21.4. The lowest BCUT2D eigenvalue weighted by Gasteiger charge is -2.38. The number of likely N-dealkylation sites (N-methyl/N-ethyl adjacent to an activating group) is 1. The summed E-state index contributed by atoms with van der Waals surface area (Å²) in [6.45, 7) is 6.84. The molecule has 0 radical (unpaired) electrons. The molecule has 34 heavy (non-hydrogen) atoms. The summed E-state index contributed by atoms with van der Waals surface area (Å²) < 4.78 is 34.6. The fourth-order valence-corrected chi connectivity index (χ4v) is 5.90. The van der Waals surface area contributed by atoms with Crippen molar-refractivity contribution in [3.63, 3.8) is 0 Å². The van der Waals surface area contributed by atoms with E-state index in [9.17, 15) is 23.4 Å². The maximum atomic E-state index is 13.5. The average molecular weight is 493 g/mol. The largest absolute Gasteiger partial charge is 0.487 e. The van der Waals surface area contributed by atoms with Crippen LogP contribution in [0.15, 0.2) is 23.1 Å². The Labute approximate surface area is 202 Å². The first-order valence-electron chi connectivity index (χ1n) is 11.8. The predicted octanol–water partition coefficient (Wildman–Crippen LogP) is 1.84. The lowest BCUT2D eigenvalue weighted by molar-refractivity contribution is -0.138. The van der Waals surface area contributed by atoms with Gasteiger partial charge in [-0.3, -0.25) is 4.79 Å². The maximum Gasteiger partial charge on any atom is 0.247 e. The highest BCUT2D eigenvalue weighted by atomic mass is 32.2. The number of aliphatic hydroxyl groups excluding tert-OH is 1. The summed E-state index contributed by atoms with van der Waals surface area (Å²) >= 11 is 0. The molecular weight excluding hydrogens is 456 g/mol. The van der Waals surface area contributed by atoms with Crippen molar-refractivity contribution in [3.8, 4) is 17.6 Å². The van der Waals surface area contributed by atoms with Gasteiger partial charge in [-0.1, -0.05) is 25.2 Å². The molecule has 0 spiro atoms. The molecule has 1 aliphatic heterocycles. The SMILES string of the molecule is C[C@H](CO)N1C[C@H](C)[C@@H](CN(C)C(=O)C2CCC2)Oc2cc(C#CC(C)(C)O)ccc2S1(=O)=O.